The summed E-state index contributed by atoms with van der Waals surface area (Å²) in [6, 6.07) is 15.5. The second-order valence-electron chi connectivity index (χ2n) is 6.86. The van der Waals surface area contributed by atoms with Crippen LogP contribution in [0.25, 0.3) is 22.2 Å². The number of aryl methyl sites for hydroxylation is 1. The van der Waals surface area contributed by atoms with Crippen LogP contribution in [0.2, 0.25) is 0 Å². The lowest BCUT2D eigenvalue weighted by molar-refractivity contribution is 0.202. The maximum Gasteiger partial charge on any atom is 0.337 e. The summed E-state index contributed by atoms with van der Waals surface area (Å²) in [6.07, 6.45) is -0.265. The maximum atomic E-state index is 14.7. The number of aromatic nitrogens is 2. The number of rotatable bonds is 5. The van der Waals surface area contributed by atoms with Crippen LogP contribution in [0.5, 0.6) is 6.01 Å². The van der Waals surface area contributed by atoms with Gasteiger partial charge in [0.2, 0.25) is 5.71 Å². The number of nitrogens with zero attached hydrogens (tertiary/aromatic N) is 1. The van der Waals surface area contributed by atoms with Crippen molar-refractivity contribution in [2.45, 2.75) is 26.4 Å². The molecule has 0 radical (unpaired) electrons. The lowest BCUT2D eigenvalue weighted by atomic mass is 10.0. The molecule has 1 atom stereocenters. The maximum absolute atomic E-state index is 14.7. The van der Waals surface area contributed by atoms with E-state index < -0.39 is 23.1 Å². The highest BCUT2D eigenvalue weighted by molar-refractivity contribution is 5.75. The molecule has 4 aromatic rings. The molecule has 0 saturated carbocycles. The molecule has 1 unspecified atom stereocenters. The van der Waals surface area contributed by atoms with E-state index in [1.165, 1.54) is 12.1 Å². The number of aromatic amines is 1. The van der Waals surface area contributed by atoms with E-state index in [1.807, 2.05) is 37.3 Å². The minimum atomic E-state index is -0.739. The number of nitrogens with one attached hydrogen (secondary N) is 1. The van der Waals surface area contributed by atoms with Gasteiger partial charge in [-0.25, -0.2) is 9.18 Å². The Labute approximate surface area is 171 Å². The van der Waals surface area contributed by atoms with Crippen LogP contribution in [0.3, 0.4) is 0 Å². The van der Waals surface area contributed by atoms with Crippen molar-refractivity contribution in [3.63, 3.8) is 0 Å². The van der Waals surface area contributed by atoms with Gasteiger partial charge in [-0.05, 0) is 36.1 Å². The molecule has 152 valence electrons. The lowest BCUT2D eigenvalue weighted by Crippen LogP contribution is -2.16. The number of H-pyrrole nitrogens is 1. The molecule has 0 aliphatic heterocycles. The van der Waals surface area contributed by atoms with Crippen molar-refractivity contribution in [3.05, 3.63) is 92.3 Å². The quantitative estimate of drug-likeness (QED) is 0.531. The standard InChI is InChI=1S/C23H19FN2O4/c1-3-14-12-19(27)30-22-20(14)21(28)25-23(26-22)29-13(2)17-10-9-16(11-18(17)24)15-7-5-4-6-8-15/h4-13H,3H2,1-2H3,(H,25,26,28). The fourth-order valence-electron chi connectivity index (χ4n) is 3.36. The first-order chi connectivity index (χ1) is 14.5. The highest BCUT2D eigenvalue weighted by atomic mass is 19.1. The number of hydrogen-bond donors (Lipinski definition) is 1. The fourth-order valence-corrected chi connectivity index (χ4v) is 3.36. The predicted molar refractivity (Wildman–Crippen MR) is 111 cm³/mol. The zero-order chi connectivity index (χ0) is 21.3. The Morgan fingerprint density at radius 3 is 2.57 bits per heavy atom. The van der Waals surface area contributed by atoms with Crippen LogP contribution in [0.4, 0.5) is 4.39 Å². The highest BCUT2D eigenvalue weighted by Crippen LogP contribution is 2.27. The second-order valence-corrected chi connectivity index (χ2v) is 6.86. The van der Waals surface area contributed by atoms with E-state index in [2.05, 4.69) is 9.97 Å². The van der Waals surface area contributed by atoms with Crippen LogP contribution in [-0.2, 0) is 6.42 Å². The van der Waals surface area contributed by atoms with Gasteiger partial charge in [0, 0.05) is 11.6 Å². The number of hydrogen-bond acceptors (Lipinski definition) is 5. The molecule has 0 bridgehead atoms. The molecule has 7 heteroatoms. The van der Waals surface area contributed by atoms with Crippen LogP contribution in [0.1, 0.15) is 31.1 Å². The molecular weight excluding hydrogens is 387 g/mol. The van der Waals surface area contributed by atoms with Gasteiger partial charge in [0.05, 0.1) is 0 Å². The summed E-state index contributed by atoms with van der Waals surface area (Å²) in [5.74, 6) is -0.438. The molecule has 0 aliphatic carbocycles. The van der Waals surface area contributed by atoms with Crippen molar-refractivity contribution >= 4 is 11.1 Å². The Morgan fingerprint density at radius 2 is 1.87 bits per heavy atom. The van der Waals surface area contributed by atoms with E-state index in [-0.39, 0.29) is 17.1 Å². The Bertz CT molecular complexity index is 1330. The van der Waals surface area contributed by atoms with Crippen molar-refractivity contribution in [1.82, 2.24) is 9.97 Å². The third-order valence-corrected chi connectivity index (χ3v) is 4.89. The highest BCUT2D eigenvalue weighted by Gasteiger charge is 2.17. The Kier molecular flexibility index (Phi) is 5.18. The average Bonchev–Trinajstić information content (AvgIpc) is 2.73. The van der Waals surface area contributed by atoms with Crippen molar-refractivity contribution in [2.24, 2.45) is 0 Å². The molecule has 2 aromatic heterocycles. The summed E-state index contributed by atoms with van der Waals surface area (Å²) >= 11 is 0. The van der Waals surface area contributed by atoms with Gasteiger partial charge < -0.3 is 9.15 Å². The number of benzene rings is 2. The average molecular weight is 406 g/mol. The molecule has 2 heterocycles. The smallest absolute Gasteiger partial charge is 0.337 e. The van der Waals surface area contributed by atoms with Gasteiger partial charge in [-0.3, -0.25) is 9.78 Å². The number of halogens is 1. The van der Waals surface area contributed by atoms with E-state index in [9.17, 15) is 14.0 Å². The molecule has 0 fully saturated rings. The van der Waals surface area contributed by atoms with Crippen LogP contribution in [-0.4, -0.2) is 9.97 Å². The van der Waals surface area contributed by atoms with Gasteiger partial charge >= 0.3 is 5.63 Å². The molecule has 0 aliphatic rings. The van der Waals surface area contributed by atoms with Crippen LogP contribution >= 0.6 is 0 Å². The first kappa shape index (κ1) is 19.6. The first-order valence-electron chi connectivity index (χ1n) is 9.55. The summed E-state index contributed by atoms with van der Waals surface area (Å²) in [4.78, 5) is 30.8. The van der Waals surface area contributed by atoms with Gasteiger partial charge in [0.25, 0.3) is 11.6 Å². The minimum absolute atomic E-state index is 0.106. The lowest BCUT2D eigenvalue weighted by Gasteiger charge is -2.15. The van der Waals surface area contributed by atoms with Gasteiger partial charge in [-0.1, -0.05) is 49.4 Å². The molecule has 6 nitrogen and oxygen atoms in total. The summed E-state index contributed by atoms with van der Waals surface area (Å²) in [6.45, 7) is 3.46. The van der Waals surface area contributed by atoms with Crippen LogP contribution in [0.15, 0.2) is 68.6 Å². The monoisotopic (exact) mass is 406 g/mol. The van der Waals surface area contributed by atoms with Crippen LogP contribution < -0.4 is 15.9 Å². The zero-order valence-corrected chi connectivity index (χ0v) is 16.4. The fraction of sp³-hybridized carbons (Fsp3) is 0.174. The Morgan fingerprint density at radius 1 is 1.10 bits per heavy atom. The van der Waals surface area contributed by atoms with Crippen molar-refractivity contribution in [2.75, 3.05) is 0 Å². The molecule has 2 aromatic carbocycles. The second kappa shape index (κ2) is 7.94. The summed E-state index contributed by atoms with van der Waals surface area (Å²) < 4.78 is 25.5. The minimum Gasteiger partial charge on any atom is -0.457 e. The third kappa shape index (κ3) is 3.74. The number of ether oxygens (including phenoxy) is 1. The summed E-state index contributed by atoms with van der Waals surface area (Å²) in [5, 5.41) is 0.204. The molecule has 0 amide bonds. The van der Waals surface area contributed by atoms with Crippen molar-refractivity contribution < 1.29 is 13.5 Å². The number of fused-ring (bicyclic) bond motifs is 1. The largest absolute Gasteiger partial charge is 0.457 e. The Balaban J connectivity index is 1.65. The Hall–Kier alpha value is -3.74. The molecule has 30 heavy (non-hydrogen) atoms. The zero-order valence-electron chi connectivity index (χ0n) is 16.4. The van der Waals surface area contributed by atoms with Crippen molar-refractivity contribution in [3.8, 4) is 17.1 Å². The summed E-state index contributed by atoms with van der Waals surface area (Å²) in [5.41, 5.74) is 1.30. The van der Waals surface area contributed by atoms with E-state index in [0.717, 1.165) is 11.1 Å². The SMILES string of the molecule is CCc1cc(=O)oc2nc(OC(C)c3ccc(-c4ccccc4)cc3F)[nH]c(=O)c12. The van der Waals surface area contributed by atoms with E-state index in [1.54, 1.807) is 19.1 Å². The normalized spacial score (nSPS) is 12.1. The molecule has 0 spiro atoms. The first-order valence-corrected chi connectivity index (χ1v) is 9.55. The third-order valence-electron chi connectivity index (χ3n) is 4.89. The molecular formula is C23H19FN2O4. The van der Waals surface area contributed by atoms with E-state index in [0.29, 0.717) is 17.5 Å². The van der Waals surface area contributed by atoms with Crippen LogP contribution in [0, 0.1) is 5.82 Å². The van der Waals surface area contributed by atoms with Gasteiger partial charge in [-0.2, -0.15) is 4.98 Å². The summed E-state index contributed by atoms with van der Waals surface area (Å²) in [7, 11) is 0. The van der Waals surface area contributed by atoms with Crippen molar-refractivity contribution in [1.29, 1.82) is 0 Å². The van der Waals surface area contributed by atoms with E-state index >= 15 is 0 Å². The van der Waals surface area contributed by atoms with E-state index in [4.69, 9.17) is 9.15 Å². The van der Waals surface area contributed by atoms with Gasteiger partial charge in [0.15, 0.2) is 0 Å². The topological polar surface area (TPSA) is 85.2 Å². The molecule has 0 saturated heterocycles. The molecule has 1 N–H and O–H groups in total. The molecule has 4 rings (SSSR count). The van der Waals surface area contributed by atoms with Gasteiger partial charge in [0.1, 0.15) is 17.3 Å². The van der Waals surface area contributed by atoms with Gasteiger partial charge in [-0.15, -0.1) is 0 Å². The predicted octanol–water partition coefficient (Wildman–Crippen LogP) is 4.38.